The van der Waals surface area contributed by atoms with E-state index < -0.39 is 12.1 Å². The number of anilines is 1. The van der Waals surface area contributed by atoms with Crippen LogP contribution in [0.4, 0.5) is 5.69 Å². The number of carbonyl (C=O) groups excluding carboxylic acids is 4. The Kier molecular flexibility index (Phi) is 6.07. The van der Waals surface area contributed by atoms with Gasteiger partial charge in [0.25, 0.3) is 5.91 Å². The molecular weight excluding hydrogens is 372 g/mol. The normalized spacial score (nSPS) is 14.6. The summed E-state index contributed by atoms with van der Waals surface area (Å²) in [5.74, 6) is -1.48. The van der Waals surface area contributed by atoms with Gasteiger partial charge in [0.15, 0.2) is 6.10 Å². The van der Waals surface area contributed by atoms with Crippen LogP contribution in [-0.4, -0.2) is 41.7 Å². The number of carbonyl (C=O) groups is 4. The van der Waals surface area contributed by atoms with Gasteiger partial charge in [-0.15, -0.1) is 0 Å². The first kappa shape index (κ1) is 20.3. The highest BCUT2D eigenvalue weighted by atomic mass is 16.5. The van der Waals surface area contributed by atoms with Crippen LogP contribution >= 0.6 is 0 Å². The summed E-state index contributed by atoms with van der Waals surface area (Å²) in [6.45, 7) is 1.94. The van der Waals surface area contributed by atoms with Crippen molar-refractivity contribution in [3.05, 3.63) is 65.7 Å². The van der Waals surface area contributed by atoms with Gasteiger partial charge in [0.1, 0.15) is 0 Å². The summed E-state index contributed by atoms with van der Waals surface area (Å²) in [5.41, 5.74) is 1.63. The van der Waals surface area contributed by atoms with Crippen LogP contribution in [0.3, 0.4) is 0 Å². The molecule has 0 spiro atoms. The number of esters is 1. The molecule has 0 saturated carbocycles. The van der Waals surface area contributed by atoms with Crippen molar-refractivity contribution in [1.29, 1.82) is 0 Å². The second-order valence-electron chi connectivity index (χ2n) is 6.90. The zero-order valence-electron chi connectivity index (χ0n) is 16.3. The Hall–Kier alpha value is -3.48. The van der Waals surface area contributed by atoms with E-state index in [1.165, 1.54) is 36.1 Å². The molecule has 0 unspecified atom stereocenters. The van der Waals surface area contributed by atoms with Gasteiger partial charge in [-0.1, -0.05) is 30.3 Å². The predicted octanol–water partition coefficient (Wildman–Crippen LogP) is 2.54. The minimum absolute atomic E-state index is 0.193. The fourth-order valence-corrected chi connectivity index (χ4v) is 3.14. The number of ether oxygens (including phenoxy) is 1. The maximum absolute atomic E-state index is 12.5. The summed E-state index contributed by atoms with van der Waals surface area (Å²) in [4.78, 5) is 51.0. The molecule has 1 heterocycles. The highest BCUT2D eigenvalue weighted by Gasteiger charge is 2.30. The van der Waals surface area contributed by atoms with Crippen molar-refractivity contribution in [2.45, 2.75) is 32.4 Å². The van der Waals surface area contributed by atoms with E-state index in [9.17, 15) is 19.2 Å². The SMILES string of the molecule is C[C@H](OC(=O)c1ccc(N2C(=O)CCC2=O)cc1)C(=O)N(C)Cc1ccccc1. The number of hydrogen-bond donors (Lipinski definition) is 0. The van der Waals surface area contributed by atoms with Crippen LogP contribution < -0.4 is 4.90 Å². The summed E-state index contributed by atoms with van der Waals surface area (Å²) < 4.78 is 5.29. The third kappa shape index (κ3) is 4.68. The van der Waals surface area contributed by atoms with Gasteiger partial charge in [-0.25, -0.2) is 4.79 Å². The highest BCUT2D eigenvalue weighted by Crippen LogP contribution is 2.23. The average molecular weight is 394 g/mol. The maximum Gasteiger partial charge on any atom is 0.338 e. The maximum atomic E-state index is 12.5. The molecule has 1 fully saturated rings. The number of nitrogens with zero attached hydrogens (tertiary/aromatic N) is 2. The van der Waals surface area contributed by atoms with Gasteiger partial charge in [0, 0.05) is 26.4 Å². The van der Waals surface area contributed by atoms with Crippen LogP contribution in [0.15, 0.2) is 54.6 Å². The van der Waals surface area contributed by atoms with Crippen LogP contribution in [0, 0.1) is 0 Å². The smallest absolute Gasteiger partial charge is 0.338 e. The zero-order chi connectivity index (χ0) is 21.0. The molecule has 2 aromatic carbocycles. The molecule has 0 bridgehead atoms. The van der Waals surface area contributed by atoms with Crippen molar-refractivity contribution in [3.63, 3.8) is 0 Å². The van der Waals surface area contributed by atoms with Crippen LogP contribution in [0.5, 0.6) is 0 Å². The van der Waals surface area contributed by atoms with E-state index in [1.807, 2.05) is 30.3 Å². The molecule has 1 atom stereocenters. The Morgan fingerprint density at radius 1 is 1.00 bits per heavy atom. The van der Waals surface area contributed by atoms with Gasteiger partial charge in [-0.2, -0.15) is 0 Å². The van der Waals surface area contributed by atoms with E-state index in [4.69, 9.17) is 4.74 Å². The van der Waals surface area contributed by atoms with Gasteiger partial charge < -0.3 is 9.64 Å². The minimum Gasteiger partial charge on any atom is -0.449 e. The van der Waals surface area contributed by atoms with Gasteiger partial charge in [0.05, 0.1) is 11.3 Å². The van der Waals surface area contributed by atoms with Gasteiger partial charge in [-0.3, -0.25) is 19.3 Å². The molecule has 1 aliphatic heterocycles. The molecule has 7 nitrogen and oxygen atoms in total. The van der Waals surface area contributed by atoms with Crippen LogP contribution in [0.1, 0.15) is 35.7 Å². The summed E-state index contributed by atoms with van der Waals surface area (Å²) in [6, 6.07) is 15.5. The van der Waals surface area contributed by atoms with Crippen molar-refractivity contribution in [2.24, 2.45) is 0 Å². The van der Waals surface area contributed by atoms with Gasteiger partial charge in [-0.05, 0) is 36.8 Å². The van der Waals surface area contributed by atoms with Gasteiger partial charge >= 0.3 is 5.97 Å². The first-order valence-electron chi connectivity index (χ1n) is 9.32. The fourth-order valence-electron chi connectivity index (χ4n) is 3.14. The van der Waals surface area contributed by atoms with Gasteiger partial charge in [0.2, 0.25) is 11.8 Å². The summed E-state index contributed by atoms with van der Waals surface area (Å²) >= 11 is 0. The lowest BCUT2D eigenvalue weighted by atomic mass is 10.2. The monoisotopic (exact) mass is 394 g/mol. The first-order valence-corrected chi connectivity index (χ1v) is 9.32. The highest BCUT2D eigenvalue weighted by molar-refractivity contribution is 6.19. The van der Waals surface area contributed by atoms with E-state index in [2.05, 4.69) is 0 Å². The van der Waals surface area contributed by atoms with Crippen LogP contribution in [-0.2, 0) is 25.7 Å². The Balaban J connectivity index is 1.59. The molecule has 0 N–H and O–H groups in total. The number of rotatable bonds is 6. The quantitative estimate of drug-likeness (QED) is 0.555. The number of hydrogen-bond acceptors (Lipinski definition) is 5. The van der Waals surface area contributed by atoms with Crippen molar-refractivity contribution >= 4 is 29.4 Å². The third-order valence-electron chi connectivity index (χ3n) is 4.68. The van der Waals surface area contributed by atoms with E-state index >= 15 is 0 Å². The van der Waals surface area contributed by atoms with Crippen LogP contribution in [0.2, 0.25) is 0 Å². The molecule has 0 aromatic heterocycles. The first-order chi connectivity index (χ1) is 13.9. The number of likely N-dealkylation sites (N-methyl/N-ethyl adjacent to an activating group) is 1. The minimum atomic E-state index is -0.947. The number of benzene rings is 2. The number of imide groups is 1. The molecular formula is C22H22N2O5. The summed E-state index contributed by atoms with van der Waals surface area (Å²) in [7, 11) is 1.65. The molecule has 0 aliphatic carbocycles. The van der Waals surface area contributed by atoms with Crippen LogP contribution in [0.25, 0.3) is 0 Å². The lowest BCUT2D eigenvalue weighted by molar-refractivity contribution is -0.139. The molecule has 7 heteroatoms. The van der Waals surface area contributed by atoms with E-state index in [0.29, 0.717) is 12.2 Å². The topological polar surface area (TPSA) is 84.0 Å². The Labute approximate surface area is 168 Å². The lowest BCUT2D eigenvalue weighted by Crippen LogP contribution is -2.37. The molecule has 29 heavy (non-hydrogen) atoms. The lowest BCUT2D eigenvalue weighted by Gasteiger charge is -2.21. The van der Waals surface area contributed by atoms with Crippen molar-refractivity contribution < 1.29 is 23.9 Å². The average Bonchev–Trinajstić information content (AvgIpc) is 3.06. The van der Waals surface area contributed by atoms with Crippen molar-refractivity contribution in [1.82, 2.24) is 4.90 Å². The third-order valence-corrected chi connectivity index (χ3v) is 4.68. The Morgan fingerprint density at radius 2 is 1.59 bits per heavy atom. The molecule has 150 valence electrons. The molecule has 3 rings (SSSR count). The molecule has 3 amide bonds. The Bertz CT molecular complexity index is 908. The Morgan fingerprint density at radius 3 is 2.17 bits per heavy atom. The summed E-state index contributed by atoms with van der Waals surface area (Å²) in [6.07, 6.45) is -0.560. The van der Waals surface area contributed by atoms with E-state index in [1.54, 1.807) is 7.05 Å². The second kappa shape index (κ2) is 8.68. The number of amides is 3. The second-order valence-corrected chi connectivity index (χ2v) is 6.90. The zero-order valence-corrected chi connectivity index (χ0v) is 16.3. The molecule has 1 aliphatic rings. The molecule has 1 saturated heterocycles. The molecule has 2 aromatic rings. The summed E-state index contributed by atoms with van der Waals surface area (Å²) in [5, 5.41) is 0. The fraction of sp³-hybridized carbons (Fsp3) is 0.273. The van der Waals surface area contributed by atoms with E-state index in [0.717, 1.165) is 10.5 Å². The van der Waals surface area contributed by atoms with E-state index in [-0.39, 0.29) is 36.1 Å². The standard InChI is InChI=1S/C22H22N2O5/c1-15(21(27)23(2)14-16-6-4-3-5-7-16)29-22(28)17-8-10-18(11-9-17)24-19(25)12-13-20(24)26/h3-11,15H,12-14H2,1-2H3/t15-/m0/s1. The largest absolute Gasteiger partial charge is 0.449 e. The van der Waals surface area contributed by atoms with Crippen molar-refractivity contribution in [2.75, 3.05) is 11.9 Å². The predicted molar refractivity (Wildman–Crippen MR) is 106 cm³/mol. The van der Waals surface area contributed by atoms with Crippen molar-refractivity contribution in [3.8, 4) is 0 Å². The molecule has 0 radical (unpaired) electrons.